The van der Waals surface area contributed by atoms with Gasteiger partial charge in [-0.15, -0.1) is 0 Å². The fraction of sp³-hybridized carbons (Fsp3) is 0.304. The van der Waals surface area contributed by atoms with Gasteiger partial charge in [0.15, 0.2) is 11.5 Å². The summed E-state index contributed by atoms with van der Waals surface area (Å²) in [5.41, 5.74) is 3.11. The highest BCUT2D eigenvalue weighted by Crippen LogP contribution is 2.28. The minimum Gasteiger partial charge on any atom is -0.493 e. The molecular formula is C23H27N3O3. The van der Waals surface area contributed by atoms with Crippen molar-refractivity contribution in [3.63, 3.8) is 0 Å². The van der Waals surface area contributed by atoms with E-state index in [1.165, 1.54) is 0 Å². The van der Waals surface area contributed by atoms with Crippen LogP contribution < -0.4 is 14.8 Å². The van der Waals surface area contributed by atoms with E-state index in [2.05, 4.69) is 20.9 Å². The number of hydrogen-bond donors (Lipinski definition) is 1. The van der Waals surface area contributed by atoms with Crippen LogP contribution in [0.2, 0.25) is 0 Å². The molecule has 0 saturated carbocycles. The molecule has 0 fully saturated rings. The van der Waals surface area contributed by atoms with Crippen molar-refractivity contribution in [2.75, 3.05) is 13.7 Å². The summed E-state index contributed by atoms with van der Waals surface area (Å²) in [4.78, 5) is 15.3. The number of carbonyl (C=O) groups excluding carboxylic acids is 1. The molecule has 0 aliphatic carbocycles. The molecule has 0 aliphatic rings. The maximum Gasteiger partial charge on any atom is 0.207 e. The van der Waals surface area contributed by atoms with E-state index in [4.69, 9.17) is 9.47 Å². The molecule has 1 aromatic heterocycles. The highest BCUT2D eigenvalue weighted by molar-refractivity contribution is 5.75. The minimum atomic E-state index is 0.421. The fourth-order valence-corrected chi connectivity index (χ4v) is 3.30. The van der Waals surface area contributed by atoms with Crippen LogP contribution in [0.15, 0.2) is 48.5 Å². The van der Waals surface area contributed by atoms with E-state index in [1.807, 2.05) is 55.5 Å². The Labute approximate surface area is 171 Å². The second-order valence-corrected chi connectivity index (χ2v) is 6.63. The van der Waals surface area contributed by atoms with Crippen molar-refractivity contribution in [3.05, 3.63) is 59.9 Å². The summed E-state index contributed by atoms with van der Waals surface area (Å²) in [5, 5.41) is 2.71. The number of aryl methyl sites for hydroxylation is 1. The lowest BCUT2D eigenvalue weighted by atomic mass is 10.2. The number of para-hydroxylation sites is 2. The van der Waals surface area contributed by atoms with Gasteiger partial charge < -0.3 is 19.4 Å². The van der Waals surface area contributed by atoms with Crippen LogP contribution in [0.25, 0.3) is 17.1 Å². The highest BCUT2D eigenvalue weighted by Gasteiger charge is 2.10. The third-order valence-corrected chi connectivity index (χ3v) is 4.66. The molecule has 1 heterocycles. The van der Waals surface area contributed by atoms with E-state index < -0.39 is 0 Å². The topological polar surface area (TPSA) is 65.4 Å². The van der Waals surface area contributed by atoms with E-state index in [0.717, 1.165) is 53.3 Å². The summed E-state index contributed by atoms with van der Waals surface area (Å²) in [7, 11) is 1.65. The standard InChI is InChI=1S/C23H27N3O3/c1-3-8-18-11-12-21(22(15-18)28-2)29-14-7-6-13-26-20-10-5-4-9-19(20)25-23(26)16-24-17-27/h3-5,8-12,15,17H,6-7,13-14,16H2,1-2H3,(H,24,27)/b8-3+. The third-order valence-electron chi connectivity index (χ3n) is 4.66. The molecule has 1 amide bonds. The number of benzene rings is 2. The van der Waals surface area contributed by atoms with Gasteiger partial charge in [-0.2, -0.15) is 0 Å². The van der Waals surface area contributed by atoms with Gasteiger partial charge in [-0.25, -0.2) is 4.98 Å². The van der Waals surface area contributed by atoms with Crippen molar-refractivity contribution in [1.82, 2.24) is 14.9 Å². The van der Waals surface area contributed by atoms with Crippen molar-refractivity contribution >= 4 is 23.5 Å². The molecule has 29 heavy (non-hydrogen) atoms. The largest absolute Gasteiger partial charge is 0.493 e. The van der Waals surface area contributed by atoms with Crippen LogP contribution >= 0.6 is 0 Å². The normalized spacial score (nSPS) is 11.1. The smallest absolute Gasteiger partial charge is 0.207 e. The molecule has 2 aromatic carbocycles. The Morgan fingerprint density at radius 3 is 2.79 bits per heavy atom. The van der Waals surface area contributed by atoms with Crippen molar-refractivity contribution in [2.24, 2.45) is 0 Å². The van der Waals surface area contributed by atoms with Gasteiger partial charge in [-0.1, -0.05) is 30.4 Å². The number of ether oxygens (including phenoxy) is 2. The number of fused-ring (bicyclic) bond motifs is 1. The molecule has 0 atom stereocenters. The van der Waals surface area contributed by atoms with E-state index >= 15 is 0 Å². The van der Waals surface area contributed by atoms with Gasteiger partial charge >= 0.3 is 0 Å². The number of aromatic nitrogens is 2. The number of imidazole rings is 1. The second-order valence-electron chi connectivity index (χ2n) is 6.63. The average Bonchev–Trinajstić information content (AvgIpc) is 3.10. The second kappa shape index (κ2) is 10.3. The van der Waals surface area contributed by atoms with E-state index in [-0.39, 0.29) is 0 Å². The molecule has 0 aliphatic heterocycles. The van der Waals surface area contributed by atoms with Crippen LogP contribution in [0.1, 0.15) is 31.2 Å². The van der Waals surface area contributed by atoms with E-state index in [0.29, 0.717) is 19.6 Å². The Hall–Kier alpha value is -3.28. The molecule has 3 aromatic rings. The Morgan fingerprint density at radius 1 is 1.14 bits per heavy atom. The summed E-state index contributed by atoms with van der Waals surface area (Å²) in [5.74, 6) is 2.36. The average molecular weight is 393 g/mol. The Balaban J connectivity index is 1.58. The third kappa shape index (κ3) is 5.16. The first-order chi connectivity index (χ1) is 14.3. The lowest BCUT2D eigenvalue weighted by molar-refractivity contribution is -0.109. The van der Waals surface area contributed by atoms with Crippen LogP contribution in [0.3, 0.4) is 0 Å². The first-order valence-electron chi connectivity index (χ1n) is 9.81. The number of allylic oxidation sites excluding steroid dienone is 1. The van der Waals surface area contributed by atoms with Crippen LogP contribution in [-0.2, 0) is 17.9 Å². The SMILES string of the molecule is C/C=C/c1ccc(OCCCCn2c(CNC=O)nc3ccccc32)c(OC)c1. The van der Waals surface area contributed by atoms with Crippen LogP contribution in [0, 0.1) is 0 Å². The number of methoxy groups -OCH3 is 1. The number of unbranched alkanes of at least 4 members (excludes halogenated alkanes) is 1. The maximum absolute atomic E-state index is 10.7. The molecule has 0 radical (unpaired) electrons. The van der Waals surface area contributed by atoms with Gasteiger partial charge in [0.05, 0.1) is 31.3 Å². The highest BCUT2D eigenvalue weighted by atomic mass is 16.5. The summed E-state index contributed by atoms with van der Waals surface area (Å²) in [6.07, 6.45) is 6.56. The molecule has 0 bridgehead atoms. The summed E-state index contributed by atoms with van der Waals surface area (Å²) >= 11 is 0. The zero-order valence-corrected chi connectivity index (χ0v) is 16.9. The van der Waals surface area contributed by atoms with Crippen molar-refractivity contribution < 1.29 is 14.3 Å². The van der Waals surface area contributed by atoms with Crippen molar-refractivity contribution in [3.8, 4) is 11.5 Å². The lowest BCUT2D eigenvalue weighted by Gasteiger charge is -2.12. The molecule has 152 valence electrons. The predicted molar refractivity (Wildman–Crippen MR) is 115 cm³/mol. The van der Waals surface area contributed by atoms with Crippen molar-refractivity contribution in [2.45, 2.75) is 32.9 Å². The van der Waals surface area contributed by atoms with E-state index in [1.54, 1.807) is 7.11 Å². The zero-order valence-electron chi connectivity index (χ0n) is 16.9. The van der Waals surface area contributed by atoms with Crippen LogP contribution in [0.5, 0.6) is 11.5 Å². The number of nitrogens with one attached hydrogen (secondary N) is 1. The van der Waals surface area contributed by atoms with Gasteiger partial charge in [0.2, 0.25) is 6.41 Å². The molecule has 0 spiro atoms. The molecule has 0 unspecified atom stereocenters. The summed E-state index contributed by atoms with van der Waals surface area (Å²) in [6.45, 7) is 3.83. The predicted octanol–water partition coefficient (Wildman–Crippen LogP) is 4.18. The minimum absolute atomic E-state index is 0.421. The fourth-order valence-electron chi connectivity index (χ4n) is 3.30. The monoisotopic (exact) mass is 393 g/mol. The molecule has 0 saturated heterocycles. The molecule has 1 N–H and O–H groups in total. The summed E-state index contributed by atoms with van der Waals surface area (Å²) < 4.78 is 13.5. The number of hydrogen-bond acceptors (Lipinski definition) is 4. The number of rotatable bonds is 11. The van der Waals surface area contributed by atoms with Gasteiger partial charge in [0.25, 0.3) is 0 Å². The quantitative estimate of drug-likeness (QED) is 0.392. The molecule has 3 rings (SSSR count). The van der Waals surface area contributed by atoms with Gasteiger partial charge in [0, 0.05) is 6.54 Å². The van der Waals surface area contributed by atoms with Crippen LogP contribution in [0.4, 0.5) is 0 Å². The maximum atomic E-state index is 10.7. The van der Waals surface area contributed by atoms with E-state index in [9.17, 15) is 4.79 Å². The first kappa shape index (κ1) is 20.5. The zero-order chi connectivity index (χ0) is 20.5. The first-order valence-corrected chi connectivity index (χ1v) is 9.81. The Kier molecular flexibility index (Phi) is 7.28. The Bertz CT molecular complexity index is 979. The van der Waals surface area contributed by atoms with Gasteiger partial charge in [-0.05, 0) is 49.6 Å². The Morgan fingerprint density at radius 2 is 2.00 bits per heavy atom. The molecular weight excluding hydrogens is 366 g/mol. The van der Waals surface area contributed by atoms with Crippen LogP contribution in [-0.4, -0.2) is 29.7 Å². The lowest BCUT2D eigenvalue weighted by Crippen LogP contribution is -2.15. The number of nitrogens with zero attached hydrogens (tertiary/aromatic N) is 2. The van der Waals surface area contributed by atoms with Gasteiger partial charge in [-0.3, -0.25) is 4.79 Å². The van der Waals surface area contributed by atoms with Gasteiger partial charge in [0.1, 0.15) is 5.82 Å². The number of carbonyl (C=O) groups is 1. The summed E-state index contributed by atoms with van der Waals surface area (Å²) in [6, 6.07) is 14.0. The molecule has 6 nitrogen and oxygen atoms in total. The molecule has 6 heteroatoms. The number of amides is 1. The van der Waals surface area contributed by atoms with Crippen molar-refractivity contribution in [1.29, 1.82) is 0 Å².